The number of hydrogen-bond acceptors (Lipinski definition) is 4. The number of thiazole rings is 1. The molecule has 98 valence electrons. The largest absolute Gasteiger partial charge is 0.376 e. The van der Waals surface area contributed by atoms with E-state index >= 15 is 0 Å². The van der Waals surface area contributed by atoms with E-state index in [2.05, 4.69) is 31.1 Å². The summed E-state index contributed by atoms with van der Waals surface area (Å²) >= 11 is 1.69. The first-order chi connectivity index (χ1) is 8.26. The van der Waals surface area contributed by atoms with Crippen molar-refractivity contribution in [3.63, 3.8) is 0 Å². The summed E-state index contributed by atoms with van der Waals surface area (Å²) < 4.78 is 5.69. The summed E-state index contributed by atoms with van der Waals surface area (Å²) in [5.74, 6) is 0.658. The van der Waals surface area contributed by atoms with E-state index in [1.165, 1.54) is 17.7 Å². The highest BCUT2D eigenvalue weighted by atomic mass is 32.1. The van der Waals surface area contributed by atoms with Crippen molar-refractivity contribution in [2.75, 3.05) is 18.5 Å². The van der Waals surface area contributed by atoms with E-state index in [1.807, 2.05) is 6.20 Å². The first-order valence-corrected chi connectivity index (χ1v) is 7.34. The maximum Gasteiger partial charge on any atom is 0.182 e. The van der Waals surface area contributed by atoms with Crippen molar-refractivity contribution in [3.8, 4) is 0 Å². The van der Waals surface area contributed by atoms with Crippen molar-refractivity contribution in [3.05, 3.63) is 11.1 Å². The number of nitrogens with one attached hydrogen (secondary N) is 1. The van der Waals surface area contributed by atoms with Gasteiger partial charge < -0.3 is 10.1 Å². The zero-order valence-corrected chi connectivity index (χ0v) is 12.0. The summed E-state index contributed by atoms with van der Waals surface area (Å²) in [6.45, 7) is 9.14. The molecule has 1 atom stereocenters. The third-order valence-corrected chi connectivity index (χ3v) is 3.44. The fourth-order valence-corrected chi connectivity index (χ4v) is 2.40. The van der Waals surface area contributed by atoms with Crippen molar-refractivity contribution < 1.29 is 4.74 Å². The average molecular weight is 256 g/mol. The summed E-state index contributed by atoms with van der Waals surface area (Å²) in [7, 11) is 0. The molecule has 0 aliphatic heterocycles. The molecule has 1 rings (SSSR count). The van der Waals surface area contributed by atoms with Crippen molar-refractivity contribution in [1.82, 2.24) is 4.98 Å². The van der Waals surface area contributed by atoms with Gasteiger partial charge in [0, 0.05) is 19.3 Å². The van der Waals surface area contributed by atoms with Gasteiger partial charge in [-0.15, -0.1) is 0 Å². The molecule has 1 heterocycles. The van der Waals surface area contributed by atoms with Crippen molar-refractivity contribution in [1.29, 1.82) is 0 Å². The average Bonchev–Trinajstić information content (AvgIpc) is 2.75. The smallest absolute Gasteiger partial charge is 0.182 e. The summed E-state index contributed by atoms with van der Waals surface area (Å²) in [4.78, 5) is 5.52. The summed E-state index contributed by atoms with van der Waals surface area (Å²) in [5.41, 5.74) is 0. The molecule has 0 radical (unpaired) electrons. The van der Waals surface area contributed by atoms with Crippen LogP contribution in [0.15, 0.2) is 6.20 Å². The normalized spacial score (nSPS) is 12.6. The molecule has 0 fully saturated rings. The van der Waals surface area contributed by atoms with Gasteiger partial charge in [-0.2, -0.15) is 0 Å². The second-order valence-corrected chi connectivity index (χ2v) is 5.58. The summed E-state index contributed by atoms with van der Waals surface area (Å²) in [6, 6.07) is 0. The Hall–Kier alpha value is -0.610. The molecule has 0 saturated carbocycles. The zero-order chi connectivity index (χ0) is 12.5. The number of anilines is 1. The fourth-order valence-electron chi connectivity index (χ4n) is 1.62. The van der Waals surface area contributed by atoms with Crippen molar-refractivity contribution in [2.24, 2.45) is 5.92 Å². The lowest BCUT2D eigenvalue weighted by Gasteiger charge is -2.09. The molecule has 0 aromatic carbocycles. The highest BCUT2D eigenvalue weighted by Crippen LogP contribution is 2.19. The van der Waals surface area contributed by atoms with Crippen LogP contribution in [0, 0.1) is 5.92 Å². The van der Waals surface area contributed by atoms with E-state index in [9.17, 15) is 0 Å². The summed E-state index contributed by atoms with van der Waals surface area (Å²) in [6.07, 6.45) is 5.51. The van der Waals surface area contributed by atoms with Crippen LogP contribution in [0.1, 0.15) is 44.9 Å². The Balaban J connectivity index is 2.20. The molecule has 0 spiro atoms. The Labute approximate surface area is 109 Å². The first kappa shape index (κ1) is 14.5. The van der Waals surface area contributed by atoms with Gasteiger partial charge in [-0.25, -0.2) is 4.98 Å². The molecule has 0 amide bonds. The van der Waals surface area contributed by atoms with E-state index in [0.29, 0.717) is 12.5 Å². The Morgan fingerprint density at radius 2 is 2.24 bits per heavy atom. The summed E-state index contributed by atoms with van der Waals surface area (Å²) in [5, 5.41) is 4.29. The van der Waals surface area contributed by atoms with Gasteiger partial charge in [-0.05, 0) is 18.8 Å². The van der Waals surface area contributed by atoms with Gasteiger partial charge in [0.25, 0.3) is 0 Å². The van der Waals surface area contributed by atoms with Crippen LogP contribution in [0.25, 0.3) is 0 Å². The Kier molecular flexibility index (Phi) is 7.21. The van der Waals surface area contributed by atoms with Gasteiger partial charge >= 0.3 is 0 Å². The van der Waals surface area contributed by atoms with Crippen molar-refractivity contribution in [2.45, 2.75) is 46.6 Å². The molecular weight excluding hydrogens is 232 g/mol. The second kappa shape index (κ2) is 8.48. The predicted octanol–water partition coefficient (Wildman–Crippen LogP) is 3.92. The van der Waals surface area contributed by atoms with Gasteiger partial charge in [-0.3, -0.25) is 0 Å². The molecule has 3 nitrogen and oxygen atoms in total. The van der Waals surface area contributed by atoms with Crippen LogP contribution in [0.4, 0.5) is 5.13 Å². The van der Waals surface area contributed by atoms with Crippen LogP contribution in [0.3, 0.4) is 0 Å². The molecular formula is C13H24N2OS. The molecule has 1 aromatic rings. The van der Waals surface area contributed by atoms with E-state index < -0.39 is 0 Å². The third kappa shape index (κ3) is 6.03. The van der Waals surface area contributed by atoms with Crippen LogP contribution in [-0.2, 0) is 11.3 Å². The monoisotopic (exact) mass is 256 g/mol. The highest BCUT2D eigenvalue weighted by molar-refractivity contribution is 7.15. The molecule has 1 aromatic heterocycles. The van der Waals surface area contributed by atoms with Gasteiger partial charge in [-0.1, -0.05) is 38.5 Å². The Morgan fingerprint density at radius 3 is 2.94 bits per heavy atom. The van der Waals surface area contributed by atoms with Crippen molar-refractivity contribution >= 4 is 16.5 Å². The lowest BCUT2D eigenvalue weighted by Crippen LogP contribution is -2.04. The lowest BCUT2D eigenvalue weighted by atomic mass is 10.1. The topological polar surface area (TPSA) is 34.2 Å². The molecule has 17 heavy (non-hydrogen) atoms. The molecule has 1 N–H and O–H groups in total. The minimum absolute atomic E-state index is 0.658. The number of hydrogen-bond donors (Lipinski definition) is 1. The quantitative estimate of drug-likeness (QED) is 0.727. The zero-order valence-electron chi connectivity index (χ0n) is 11.2. The van der Waals surface area contributed by atoms with Gasteiger partial charge in [0.05, 0.1) is 11.5 Å². The number of nitrogens with zero attached hydrogens (tertiary/aromatic N) is 1. The van der Waals surface area contributed by atoms with E-state index in [1.54, 1.807) is 11.3 Å². The number of rotatable bonds is 9. The van der Waals surface area contributed by atoms with Gasteiger partial charge in [0.15, 0.2) is 5.13 Å². The molecule has 0 bridgehead atoms. The predicted molar refractivity (Wildman–Crippen MR) is 74.6 cm³/mol. The first-order valence-electron chi connectivity index (χ1n) is 6.52. The molecule has 1 unspecified atom stereocenters. The Bertz CT molecular complexity index is 301. The van der Waals surface area contributed by atoms with E-state index in [-0.39, 0.29) is 0 Å². The molecule has 4 heteroatoms. The SMILES string of the molecule is CCCNc1ncc(COCC(C)CCC)s1. The van der Waals surface area contributed by atoms with Gasteiger partial charge in [0.1, 0.15) is 0 Å². The van der Waals surface area contributed by atoms with E-state index in [0.717, 1.165) is 24.7 Å². The van der Waals surface area contributed by atoms with E-state index in [4.69, 9.17) is 4.74 Å². The van der Waals surface area contributed by atoms with Crippen LogP contribution >= 0.6 is 11.3 Å². The number of aromatic nitrogens is 1. The lowest BCUT2D eigenvalue weighted by molar-refractivity contribution is 0.0910. The van der Waals surface area contributed by atoms with Gasteiger partial charge in [0.2, 0.25) is 0 Å². The molecule has 0 saturated heterocycles. The minimum atomic E-state index is 0.658. The van der Waals surface area contributed by atoms with Crippen LogP contribution < -0.4 is 5.32 Å². The third-order valence-electron chi connectivity index (χ3n) is 2.51. The van der Waals surface area contributed by atoms with Crippen LogP contribution in [0.5, 0.6) is 0 Å². The Morgan fingerprint density at radius 1 is 1.41 bits per heavy atom. The molecule has 0 aliphatic rings. The maximum absolute atomic E-state index is 5.69. The maximum atomic E-state index is 5.69. The highest BCUT2D eigenvalue weighted by Gasteiger charge is 2.04. The standard InChI is InChI=1S/C13H24N2OS/c1-4-6-11(3)9-16-10-12-8-15-13(17-12)14-7-5-2/h8,11H,4-7,9-10H2,1-3H3,(H,14,15). The van der Waals surface area contributed by atoms with Crippen LogP contribution in [-0.4, -0.2) is 18.1 Å². The fraction of sp³-hybridized carbons (Fsp3) is 0.769. The van der Waals surface area contributed by atoms with Crippen LogP contribution in [0.2, 0.25) is 0 Å². The second-order valence-electron chi connectivity index (χ2n) is 4.47. The minimum Gasteiger partial charge on any atom is -0.376 e. The number of ether oxygens (including phenoxy) is 1. The molecule has 0 aliphatic carbocycles.